The van der Waals surface area contributed by atoms with Crippen molar-refractivity contribution in [3.05, 3.63) is 48.6 Å². The second-order valence-electron chi connectivity index (χ2n) is 5.72. The smallest absolute Gasteiger partial charge is 0.163 e. The van der Waals surface area contributed by atoms with Gasteiger partial charge in [0.05, 0.1) is 19.3 Å². The number of ether oxygens (including phenoxy) is 3. The van der Waals surface area contributed by atoms with Gasteiger partial charge < -0.3 is 14.2 Å². The molecular weight excluding hydrogens is 252 g/mol. The van der Waals surface area contributed by atoms with Crippen molar-refractivity contribution in [1.82, 2.24) is 0 Å². The summed E-state index contributed by atoms with van der Waals surface area (Å²) in [5.41, 5.74) is 1.16. The molecule has 0 N–H and O–H groups in total. The van der Waals surface area contributed by atoms with Crippen molar-refractivity contribution in [2.45, 2.75) is 45.4 Å². The van der Waals surface area contributed by atoms with Crippen LogP contribution in [0.2, 0.25) is 0 Å². The highest BCUT2D eigenvalue weighted by Gasteiger charge is 2.39. The van der Waals surface area contributed by atoms with E-state index in [0.29, 0.717) is 13.2 Å². The summed E-state index contributed by atoms with van der Waals surface area (Å²) >= 11 is 0. The van der Waals surface area contributed by atoms with Gasteiger partial charge in [-0.15, -0.1) is 6.58 Å². The van der Waals surface area contributed by atoms with Crippen LogP contribution in [0.5, 0.6) is 0 Å². The average Bonchev–Trinajstić information content (AvgIpc) is 2.80. The quantitative estimate of drug-likeness (QED) is 0.744. The molecule has 1 heterocycles. The zero-order valence-electron chi connectivity index (χ0n) is 12.5. The molecule has 2 rings (SSSR count). The van der Waals surface area contributed by atoms with Crippen LogP contribution in [0.15, 0.2) is 43.0 Å². The van der Waals surface area contributed by atoms with Crippen LogP contribution in [0.3, 0.4) is 0 Å². The lowest BCUT2D eigenvalue weighted by atomic mass is 10.00. The molecule has 0 amide bonds. The molecule has 0 aromatic heterocycles. The summed E-state index contributed by atoms with van der Waals surface area (Å²) in [6.45, 7) is 11.0. The van der Waals surface area contributed by atoms with Crippen molar-refractivity contribution in [3.8, 4) is 0 Å². The van der Waals surface area contributed by atoms with Crippen LogP contribution in [-0.2, 0) is 20.8 Å². The van der Waals surface area contributed by atoms with Crippen LogP contribution >= 0.6 is 0 Å². The van der Waals surface area contributed by atoms with Crippen LogP contribution in [-0.4, -0.2) is 24.6 Å². The van der Waals surface area contributed by atoms with Crippen molar-refractivity contribution < 1.29 is 14.2 Å². The first-order chi connectivity index (χ1) is 9.52. The van der Waals surface area contributed by atoms with E-state index in [9.17, 15) is 0 Å². The maximum absolute atomic E-state index is 6.08. The van der Waals surface area contributed by atoms with Gasteiger partial charge in [0, 0.05) is 5.92 Å². The third kappa shape index (κ3) is 3.92. The second kappa shape index (κ2) is 6.53. The Morgan fingerprint density at radius 2 is 2.10 bits per heavy atom. The minimum Gasteiger partial charge on any atom is -0.370 e. The number of hydrogen-bond donors (Lipinski definition) is 0. The molecule has 110 valence electrons. The fourth-order valence-electron chi connectivity index (χ4n) is 2.38. The third-order valence-corrected chi connectivity index (χ3v) is 3.57. The van der Waals surface area contributed by atoms with E-state index in [1.807, 2.05) is 38.1 Å². The van der Waals surface area contributed by atoms with Crippen molar-refractivity contribution in [2.24, 2.45) is 5.92 Å². The highest BCUT2D eigenvalue weighted by atomic mass is 16.7. The molecule has 1 aliphatic rings. The van der Waals surface area contributed by atoms with Gasteiger partial charge in [-0.2, -0.15) is 0 Å². The molecule has 3 unspecified atom stereocenters. The summed E-state index contributed by atoms with van der Waals surface area (Å²) in [7, 11) is 0. The molecule has 0 radical (unpaired) electrons. The monoisotopic (exact) mass is 276 g/mol. The Labute approximate surface area is 121 Å². The van der Waals surface area contributed by atoms with Gasteiger partial charge in [0.1, 0.15) is 6.10 Å². The Balaban J connectivity index is 1.99. The Morgan fingerprint density at radius 3 is 2.65 bits per heavy atom. The van der Waals surface area contributed by atoms with E-state index in [2.05, 4.69) is 25.6 Å². The van der Waals surface area contributed by atoms with Crippen LogP contribution in [0.4, 0.5) is 0 Å². The first-order valence-corrected chi connectivity index (χ1v) is 7.12. The molecular formula is C17H24O3. The van der Waals surface area contributed by atoms with E-state index in [4.69, 9.17) is 14.2 Å². The van der Waals surface area contributed by atoms with Gasteiger partial charge >= 0.3 is 0 Å². The highest BCUT2D eigenvalue weighted by molar-refractivity contribution is 5.13. The minimum atomic E-state index is -0.528. The second-order valence-corrected chi connectivity index (χ2v) is 5.72. The zero-order valence-corrected chi connectivity index (χ0v) is 12.5. The summed E-state index contributed by atoms with van der Waals surface area (Å²) in [4.78, 5) is 0. The van der Waals surface area contributed by atoms with Crippen molar-refractivity contribution >= 4 is 0 Å². The summed E-state index contributed by atoms with van der Waals surface area (Å²) in [5.74, 6) is -0.318. The lowest BCUT2D eigenvalue weighted by molar-refractivity contribution is -0.161. The molecule has 0 bridgehead atoms. The van der Waals surface area contributed by atoms with E-state index >= 15 is 0 Å². The van der Waals surface area contributed by atoms with Gasteiger partial charge in [-0.05, 0) is 19.4 Å². The largest absolute Gasteiger partial charge is 0.370 e. The van der Waals surface area contributed by atoms with Gasteiger partial charge in [-0.25, -0.2) is 0 Å². The number of rotatable bonds is 6. The van der Waals surface area contributed by atoms with E-state index in [1.165, 1.54) is 0 Å². The van der Waals surface area contributed by atoms with Crippen molar-refractivity contribution in [3.63, 3.8) is 0 Å². The van der Waals surface area contributed by atoms with E-state index in [-0.39, 0.29) is 18.1 Å². The molecule has 3 atom stereocenters. The normalized spacial score (nSPS) is 24.2. The minimum absolute atomic E-state index is 0.0468. The van der Waals surface area contributed by atoms with Gasteiger partial charge in [-0.3, -0.25) is 0 Å². The molecule has 20 heavy (non-hydrogen) atoms. The van der Waals surface area contributed by atoms with Gasteiger partial charge in [0.15, 0.2) is 5.79 Å². The van der Waals surface area contributed by atoms with E-state index in [1.54, 1.807) is 0 Å². The average molecular weight is 276 g/mol. The standard InChI is InChI=1S/C17H24O3/c1-5-13(2)16(15-12-19-17(3,4)20-15)18-11-14-9-7-6-8-10-14/h5-10,13,15-16H,1,11-12H2,2-4H3. The van der Waals surface area contributed by atoms with E-state index in [0.717, 1.165) is 5.56 Å². The lowest BCUT2D eigenvalue weighted by Crippen LogP contribution is -2.37. The van der Waals surface area contributed by atoms with E-state index < -0.39 is 5.79 Å². The molecule has 1 saturated heterocycles. The third-order valence-electron chi connectivity index (χ3n) is 3.57. The van der Waals surface area contributed by atoms with Crippen molar-refractivity contribution in [1.29, 1.82) is 0 Å². The summed E-state index contributed by atoms with van der Waals surface area (Å²) < 4.78 is 17.7. The molecule has 0 spiro atoms. The van der Waals surface area contributed by atoms with Crippen LogP contribution < -0.4 is 0 Å². The van der Waals surface area contributed by atoms with Crippen LogP contribution in [0.1, 0.15) is 26.3 Å². The topological polar surface area (TPSA) is 27.7 Å². The Bertz CT molecular complexity index is 427. The molecule has 1 fully saturated rings. The first kappa shape index (κ1) is 15.2. The molecule has 0 aliphatic carbocycles. The predicted octanol–water partition coefficient (Wildman–Crippen LogP) is 3.55. The van der Waals surface area contributed by atoms with Gasteiger partial charge in [0.25, 0.3) is 0 Å². The summed E-state index contributed by atoms with van der Waals surface area (Å²) in [6, 6.07) is 10.2. The maximum Gasteiger partial charge on any atom is 0.163 e. The highest BCUT2D eigenvalue weighted by Crippen LogP contribution is 2.29. The Hall–Kier alpha value is -1.16. The number of benzene rings is 1. The predicted molar refractivity (Wildman–Crippen MR) is 79.3 cm³/mol. The number of hydrogen-bond acceptors (Lipinski definition) is 3. The zero-order chi connectivity index (χ0) is 14.6. The molecule has 1 aliphatic heterocycles. The fourth-order valence-corrected chi connectivity index (χ4v) is 2.38. The fraction of sp³-hybridized carbons (Fsp3) is 0.529. The van der Waals surface area contributed by atoms with Gasteiger partial charge in [0.2, 0.25) is 0 Å². The van der Waals surface area contributed by atoms with Crippen molar-refractivity contribution in [2.75, 3.05) is 6.61 Å². The summed E-state index contributed by atoms with van der Waals surface area (Å²) in [6.07, 6.45) is 1.81. The molecule has 3 nitrogen and oxygen atoms in total. The SMILES string of the molecule is C=CC(C)C(OCc1ccccc1)C1COC(C)(C)O1. The van der Waals surface area contributed by atoms with Crippen LogP contribution in [0.25, 0.3) is 0 Å². The van der Waals surface area contributed by atoms with Crippen LogP contribution in [0, 0.1) is 5.92 Å². The molecule has 3 heteroatoms. The summed E-state index contributed by atoms with van der Waals surface area (Å²) in [5, 5.41) is 0. The maximum atomic E-state index is 6.08. The molecule has 1 aromatic carbocycles. The lowest BCUT2D eigenvalue weighted by Gasteiger charge is -2.27. The van der Waals surface area contributed by atoms with Gasteiger partial charge in [-0.1, -0.05) is 43.3 Å². The Morgan fingerprint density at radius 1 is 1.40 bits per heavy atom. The first-order valence-electron chi connectivity index (χ1n) is 7.12. The Kier molecular flexibility index (Phi) is 4.97. The molecule has 1 aromatic rings. The molecule has 0 saturated carbocycles.